The van der Waals surface area contributed by atoms with Gasteiger partial charge in [-0.25, -0.2) is 4.68 Å². The Balaban J connectivity index is 1.34. The number of benzene rings is 3. The van der Waals surface area contributed by atoms with Gasteiger partial charge in [0.1, 0.15) is 23.1 Å². The molecule has 7 heteroatoms. The van der Waals surface area contributed by atoms with E-state index in [0.29, 0.717) is 11.6 Å². The van der Waals surface area contributed by atoms with Crippen molar-refractivity contribution in [2.45, 2.75) is 11.5 Å². The molecule has 1 aliphatic heterocycles. The van der Waals surface area contributed by atoms with Crippen LogP contribution >= 0.6 is 11.8 Å². The number of hydrogen-bond donors (Lipinski definition) is 1. The molecule has 1 amide bonds. The molecule has 2 heterocycles. The first-order valence-electron chi connectivity index (χ1n) is 10.3. The minimum Gasteiger partial charge on any atom is -0.484 e. The maximum Gasteiger partial charge on any atom is 0.263 e. The van der Waals surface area contributed by atoms with Gasteiger partial charge in [-0.3, -0.25) is 4.79 Å². The molecule has 3 aromatic carbocycles. The molecule has 0 fully saturated rings. The number of anilines is 1. The van der Waals surface area contributed by atoms with Crippen LogP contribution in [-0.2, 0) is 16.3 Å². The first-order valence-corrected chi connectivity index (χ1v) is 11.4. The zero-order valence-electron chi connectivity index (χ0n) is 17.2. The molecular formula is C25H21N3O3S. The molecule has 0 saturated carbocycles. The van der Waals surface area contributed by atoms with E-state index in [2.05, 4.69) is 5.32 Å². The number of amides is 1. The van der Waals surface area contributed by atoms with Crippen molar-refractivity contribution in [3.8, 4) is 22.9 Å². The molecule has 0 radical (unpaired) electrons. The van der Waals surface area contributed by atoms with Crippen molar-refractivity contribution in [1.29, 1.82) is 0 Å². The topological polar surface area (TPSA) is 65.4 Å². The van der Waals surface area contributed by atoms with Crippen LogP contribution in [0.15, 0.2) is 84.9 Å². The van der Waals surface area contributed by atoms with Crippen LogP contribution in [0.2, 0.25) is 0 Å². The third kappa shape index (κ3) is 4.48. The maximum absolute atomic E-state index is 12.6. The summed E-state index contributed by atoms with van der Waals surface area (Å²) in [5.41, 5.74) is 2.91. The second-order valence-corrected chi connectivity index (χ2v) is 8.22. The van der Waals surface area contributed by atoms with Gasteiger partial charge in [0, 0.05) is 17.1 Å². The minimum absolute atomic E-state index is 0.0685. The highest BCUT2D eigenvalue weighted by molar-refractivity contribution is 7.98. The van der Waals surface area contributed by atoms with Crippen LogP contribution in [-0.4, -0.2) is 22.3 Å². The van der Waals surface area contributed by atoms with Crippen molar-refractivity contribution < 1.29 is 14.3 Å². The van der Waals surface area contributed by atoms with Crippen LogP contribution in [0.4, 0.5) is 5.82 Å². The molecule has 0 unspecified atom stereocenters. The number of hydrogen-bond acceptors (Lipinski definition) is 5. The third-order valence-electron chi connectivity index (χ3n) is 4.98. The van der Waals surface area contributed by atoms with Gasteiger partial charge in [-0.15, -0.1) is 0 Å². The Morgan fingerprint density at radius 3 is 2.25 bits per heavy atom. The second-order valence-electron chi connectivity index (χ2n) is 7.24. The standard InChI is InChI=1S/C25H21N3O3S/c29-24(15-30-19-7-3-1-4-8-19)26-25-22-16-32-17-23(22)27-28(25)18-11-13-21(14-12-18)31-20-9-5-2-6-10-20/h1-14H,15-17H2,(H,26,29). The zero-order chi connectivity index (χ0) is 21.8. The van der Waals surface area contributed by atoms with Crippen molar-refractivity contribution in [2.75, 3.05) is 11.9 Å². The zero-order valence-corrected chi connectivity index (χ0v) is 18.0. The molecule has 0 saturated heterocycles. The number of ether oxygens (including phenoxy) is 2. The lowest BCUT2D eigenvalue weighted by molar-refractivity contribution is -0.118. The lowest BCUT2D eigenvalue weighted by Crippen LogP contribution is -2.22. The van der Waals surface area contributed by atoms with Crippen molar-refractivity contribution in [3.05, 3.63) is 96.2 Å². The second kappa shape index (κ2) is 9.20. The first kappa shape index (κ1) is 20.2. The summed E-state index contributed by atoms with van der Waals surface area (Å²) in [6, 6.07) is 26.6. The summed E-state index contributed by atoms with van der Waals surface area (Å²) in [4.78, 5) is 12.6. The van der Waals surface area contributed by atoms with Gasteiger partial charge >= 0.3 is 0 Å². The maximum atomic E-state index is 12.6. The Morgan fingerprint density at radius 2 is 1.53 bits per heavy atom. The Morgan fingerprint density at radius 1 is 0.875 bits per heavy atom. The number of thioether (sulfide) groups is 1. The van der Waals surface area contributed by atoms with E-state index in [0.717, 1.165) is 39.9 Å². The largest absolute Gasteiger partial charge is 0.484 e. The number of aromatic nitrogens is 2. The molecule has 1 N–H and O–H groups in total. The average Bonchev–Trinajstić information content (AvgIpc) is 3.42. The summed E-state index contributed by atoms with van der Waals surface area (Å²) in [5.74, 6) is 4.30. The van der Waals surface area contributed by atoms with E-state index in [1.807, 2.05) is 84.9 Å². The molecule has 4 aromatic rings. The van der Waals surface area contributed by atoms with E-state index < -0.39 is 0 Å². The van der Waals surface area contributed by atoms with Crippen LogP contribution in [0.25, 0.3) is 5.69 Å². The Kier molecular flexibility index (Phi) is 5.81. The van der Waals surface area contributed by atoms with E-state index in [1.54, 1.807) is 16.4 Å². The predicted octanol–water partition coefficient (Wildman–Crippen LogP) is 5.43. The molecule has 1 aliphatic rings. The van der Waals surface area contributed by atoms with E-state index in [4.69, 9.17) is 14.6 Å². The molecule has 5 rings (SSSR count). The lowest BCUT2D eigenvalue weighted by Gasteiger charge is -2.12. The molecule has 160 valence electrons. The fraction of sp³-hybridized carbons (Fsp3) is 0.120. The Hall–Kier alpha value is -3.71. The van der Waals surface area contributed by atoms with Crippen LogP contribution in [0.1, 0.15) is 11.3 Å². The number of fused-ring (bicyclic) bond motifs is 1. The van der Waals surface area contributed by atoms with Gasteiger partial charge in [0.05, 0.1) is 11.4 Å². The van der Waals surface area contributed by atoms with Gasteiger partial charge in [0.15, 0.2) is 6.61 Å². The summed E-state index contributed by atoms with van der Waals surface area (Å²) >= 11 is 1.79. The van der Waals surface area contributed by atoms with Crippen molar-refractivity contribution in [1.82, 2.24) is 9.78 Å². The van der Waals surface area contributed by atoms with Gasteiger partial charge < -0.3 is 14.8 Å². The third-order valence-corrected chi connectivity index (χ3v) is 5.95. The van der Waals surface area contributed by atoms with Gasteiger partial charge in [-0.2, -0.15) is 16.9 Å². The summed E-state index contributed by atoms with van der Waals surface area (Å²) in [7, 11) is 0. The highest BCUT2D eigenvalue weighted by Gasteiger charge is 2.24. The molecule has 32 heavy (non-hydrogen) atoms. The Labute approximate surface area is 190 Å². The van der Waals surface area contributed by atoms with Gasteiger partial charge in [-0.1, -0.05) is 36.4 Å². The molecule has 0 bridgehead atoms. The van der Waals surface area contributed by atoms with Crippen molar-refractivity contribution in [2.24, 2.45) is 0 Å². The number of carbonyl (C=O) groups excluding carboxylic acids is 1. The number of para-hydroxylation sites is 2. The first-order chi connectivity index (χ1) is 15.8. The molecule has 0 spiro atoms. The monoisotopic (exact) mass is 443 g/mol. The van der Waals surface area contributed by atoms with Crippen molar-refractivity contribution >= 4 is 23.5 Å². The SMILES string of the molecule is O=C(COc1ccccc1)Nc1c2c(nn1-c1ccc(Oc3ccccc3)cc1)CSC2. The van der Waals surface area contributed by atoms with Gasteiger partial charge in [0.25, 0.3) is 5.91 Å². The van der Waals surface area contributed by atoms with Crippen LogP contribution < -0.4 is 14.8 Å². The number of rotatable bonds is 7. The highest BCUT2D eigenvalue weighted by Crippen LogP contribution is 2.36. The fourth-order valence-corrected chi connectivity index (χ4v) is 4.48. The summed E-state index contributed by atoms with van der Waals surface area (Å²) in [5, 5.41) is 7.75. The van der Waals surface area contributed by atoms with E-state index >= 15 is 0 Å². The quantitative estimate of drug-likeness (QED) is 0.413. The van der Waals surface area contributed by atoms with Gasteiger partial charge in [-0.05, 0) is 48.5 Å². The number of nitrogens with one attached hydrogen (secondary N) is 1. The summed E-state index contributed by atoms with van der Waals surface area (Å²) in [6.07, 6.45) is 0. The molecule has 6 nitrogen and oxygen atoms in total. The summed E-state index contributed by atoms with van der Waals surface area (Å²) < 4.78 is 13.3. The predicted molar refractivity (Wildman–Crippen MR) is 126 cm³/mol. The average molecular weight is 444 g/mol. The number of nitrogens with zero attached hydrogens (tertiary/aromatic N) is 2. The van der Waals surface area contributed by atoms with Crippen molar-refractivity contribution in [3.63, 3.8) is 0 Å². The minimum atomic E-state index is -0.223. The smallest absolute Gasteiger partial charge is 0.263 e. The fourth-order valence-electron chi connectivity index (χ4n) is 3.44. The van der Waals surface area contributed by atoms with Gasteiger partial charge in [0.2, 0.25) is 0 Å². The Bertz CT molecular complexity index is 1210. The summed E-state index contributed by atoms with van der Waals surface area (Å²) in [6.45, 7) is -0.0685. The van der Waals surface area contributed by atoms with E-state index in [1.165, 1.54) is 0 Å². The normalized spacial score (nSPS) is 12.2. The van der Waals surface area contributed by atoms with E-state index in [-0.39, 0.29) is 12.5 Å². The molecular weight excluding hydrogens is 422 g/mol. The van der Waals surface area contributed by atoms with Crippen LogP contribution in [0.5, 0.6) is 17.2 Å². The molecule has 0 aliphatic carbocycles. The number of carbonyl (C=O) groups is 1. The molecule has 0 atom stereocenters. The van der Waals surface area contributed by atoms with Crippen LogP contribution in [0, 0.1) is 0 Å². The van der Waals surface area contributed by atoms with E-state index in [9.17, 15) is 4.79 Å². The molecule has 1 aromatic heterocycles. The lowest BCUT2D eigenvalue weighted by atomic mass is 10.2. The highest BCUT2D eigenvalue weighted by atomic mass is 32.2. The van der Waals surface area contributed by atoms with Crippen LogP contribution in [0.3, 0.4) is 0 Å².